The summed E-state index contributed by atoms with van der Waals surface area (Å²) in [6, 6.07) is 4.68. The van der Waals surface area contributed by atoms with Crippen molar-refractivity contribution in [1.82, 2.24) is 5.32 Å². The van der Waals surface area contributed by atoms with E-state index in [1.807, 2.05) is 13.8 Å². The maximum atomic E-state index is 13.3. The average Bonchev–Trinajstić information content (AvgIpc) is 2.33. The van der Waals surface area contributed by atoms with Gasteiger partial charge in [-0.1, -0.05) is 13.8 Å². The molecule has 0 amide bonds. The van der Waals surface area contributed by atoms with Crippen LogP contribution in [-0.2, 0) is 16.1 Å². The lowest BCUT2D eigenvalue weighted by molar-refractivity contribution is -0.142. The molecule has 0 aliphatic heterocycles. The van der Waals surface area contributed by atoms with Crippen LogP contribution in [0.4, 0.5) is 4.39 Å². The number of nitrogens with one attached hydrogen (secondary N) is 1. The molecular weight excluding hydrogens is 237 g/mol. The first kappa shape index (κ1) is 14.4. The first-order valence-corrected chi connectivity index (χ1v) is 5.73. The van der Waals surface area contributed by atoms with Crippen molar-refractivity contribution in [1.29, 1.82) is 0 Å². The van der Waals surface area contributed by atoms with E-state index >= 15 is 0 Å². The number of ether oxygens (including phenoxy) is 2. The van der Waals surface area contributed by atoms with Crippen LogP contribution in [0.5, 0.6) is 5.75 Å². The third-order valence-corrected chi connectivity index (χ3v) is 2.23. The zero-order chi connectivity index (χ0) is 13.5. The molecule has 5 heteroatoms. The normalized spacial score (nSPS) is 10.5. The number of benzene rings is 1. The summed E-state index contributed by atoms with van der Waals surface area (Å²) in [6.45, 7) is 4.34. The highest BCUT2D eigenvalue weighted by atomic mass is 19.1. The van der Waals surface area contributed by atoms with Crippen molar-refractivity contribution in [2.45, 2.75) is 26.4 Å². The minimum absolute atomic E-state index is 0.225. The molecule has 0 aliphatic rings. The Kier molecular flexibility index (Phi) is 5.58. The van der Waals surface area contributed by atoms with Gasteiger partial charge in [-0.05, 0) is 17.7 Å². The number of rotatable bonds is 6. The van der Waals surface area contributed by atoms with Crippen LogP contribution in [0.2, 0.25) is 0 Å². The Morgan fingerprint density at radius 1 is 1.39 bits per heavy atom. The van der Waals surface area contributed by atoms with Crippen LogP contribution in [-0.4, -0.2) is 25.7 Å². The monoisotopic (exact) mass is 255 g/mol. The van der Waals surface area contributed by atoms with Gasteiger partial charge in [-0.15, -0.1) is 0 Å². The third kappa shape index (κ3) is 5.14. The van der Waals surface area contributed by atoms with E-state index in [0.29, 0.717) is 18.3 Å². The molecule has 0 fully saturated rings. The molecule has 1 aromatic carbocycles. The number of carbonyl (C=O) groups is 1. The van der Waals surface area contributed by atoms with Crippen LogP contribution in [0.15, 0.2) is 18.2 Å². The van der Waals surface area contributed by atoms with E-state index in [0.717, 1.165) is 5.56 Å². The van der Waals surface area contributed by atoms with Crippen LogP contribution in [0.3, 0.4) is 0 Å². The summed E-state index contributed by atoms with van der Waals surface area (Å²) in [5.74, 6) is -0.569. The fraction of sp³-hybridized carbons (Fsp3) is 0.462. The molecule has 1 aromatic rings. The average molecular weight is 255 g/mol. The Hall–Kier alpha value is -1.62. The number of carbonyl (C=O) groups excluding carboxylic acids is 1. The molecule has 0 saturated carbocycles. The predicted octanol–water partition coefficient (Wildman–Crippen LogP) is 1.88. The summed E-state index contributed by atoms with van der Waals surface area (Å²) in [4.78, 5) is 10.9. The smallest absolute Gasteiger partial charge is 0.343 e. The summed E-state index contributed by atoms with van der Waals surface area (Å²) < 4.78 is 22.9. The molecule has 0 aromatic heterocycles. The van der Waals surface area contributed by atoms with E-state index in [4.69, 9.17) is 4.74 Å². The highest BCUT2D eigenvalue weighted by Gasteiger charge is 2.05. The van der Waals surface area contributed by atoms with Gasteiger partial charge < -0.3 is 14.8 Å². The Morgan fingerprint density at radius 2 is 2.11 bits per heavy atom. The lowest BCUT2D eigenvalue weighted by Crippen LogP contribution is -2.22. The molecule has 0 atom stereocenters. The van der Waals surface area contributed by atoms with E-state index in [9.17, 15) is 9.18 Å². The van der Waals surface area contributed by atoms with E-state index < -0.39 is 11.8 Å². The fourth-order valence-electron chi connectivity index (χ4n) is 1.33. The molecule has 0 spiro atoms. The van der Waals surface area contributed by atoms with Gasteiger partial charge in [-0.3, -0.25) is 0 Å². The van der Waals surface area contributed by atoms with Gasteiger partial charge in [0.1, 0.15) is 11.6 Å². The van der Waals surface area contributed by atoms with E-state index in [1.54, 1.807) is 6.07 Å². The fourth-order valence-corrected chi connectivity index (χ4v) is 1.33. The van der Waals surface area contributed by atoms with Crippen molar-refractivity contribution in [2.75, 3.05) is 13.7 Å². The summed E-state index contributed by atoms with van der Waals surface area (Å²) in [7, 11) is 1.27. The highest BCUT2D eigenvalue weighted by Crippen LogP contribution is 2.16. The SMILES string of the molecule is COC(=O)COc1cc(F)cc(CNC(C)C)c1. The third-order valence-electron chi connectivity index (χ3n) is 2.23. The van der Waals surface area contributed by atoms with Gasteiger partial charge in [0.2, 0.25) is 0 Å². The minimum Gasteiger partial charge on any atom is -0.482 e. The predicted molar refractivity (Wildman–Crippen MR) is 65.9 cm³/mol. The molecule has 100 valence electrons. The molecule has 0 bridgehead atoms. The summed E-state index contributed by atoms with van der Waals surface area (Å²) >= 11 is 0. The zero-order valence-corrected chi connectivity index (χ0v) is 10.8. The zero-order valence-electron chi connectivity index (χ0n) is 10.8. The first-order valence-electron chi connectivity index (χ1n) is 5.73. The number of esters is 1. The van der Waals surface area contributed by atoms with Crippen LogP contribution < -0.4 is 10.1 Å². The van der Waals surface area contributed by atoms with Crippen LogP contribution in [0.25, 0.3) is 0 Å². The van der Waals surface area contributed by atoms with E-state index in [1.165, 1.54) is 19.2 Å². The van der Waals surface area contributed by atoms with Crippen molar-refractivity contribution in [2.24, 2.45) is 0 Å². The van der Waals surface area contributed by atoms with Gasteiger partial charge in [0.15, 0.2) is 6.61 Å². The number of methoxy groups -OCH3 is 1. The number of hydrogen-bond acceptors (Lipinski definition) is 4. The number of hydrogen-bond donors (Lipinski definition) is 1. The van der Waals surface area contributed by atoms with Crippen molar-refractivity contribution < 1.29 is 18.7 Å². The van der Waals surface area contributed by atoms with Gasteiger partial charge >= 0.3 is 5.97 Å². The molecular formula is C13H18FNO3. The Morgan fingerprint density at radius 3 is 2.72 bits per heavy atom. The number of halogens is 1. The summed E-state index contributed by atoms with van der Waals surface area (Å²) in [6.07, 6.45) is 0. The lowest BCUT2D eigenvalue weighted by atomic mass is 10.2. The standard InChI is InChI=1S/C13H18FNO3/c1-9(2)15-7-10-4-11(14)6-12(5-10)18-8-13(16)17-3/h4-6,9,15H,7-8H2,1-3H3. The summed E-state index contributed by atoms with van der Waals surface area (Å²) in [5.41, 5.74) is 0.767. The Labute approximate surface area is 106 Å². The van der Waals surface area contributed by atoms with Crippen molar-refractivity contribution in [3.63, 3.8) is 0 Å². The maximum Gasteiger partial charge on any atom is 0.343 e. The van der Waals surface area contributed by atoms with Crippen LogP contribution in [0.1, 0.15) is 19.4 Å². The van der Waals surface area contributed by atoms with Gasteiger partial charge in [-0.2, -0.15) is 0 Å². The Balaban J connectivity index is 2.65. The summed E-state index contributed by atoms with van der Waals surface area (Å²) in [5, 5.41) is 3.18. The molecule has 4 nitrogen and oxygen atoms in total. The molecule has 0 heterocycles. The van der Waals surface area contributed by atoms with Gasteiger partial charge in [-0.25, -0.2) is 9.18 Å². The second-order valence-corrected chi connectivity index (χ2v) is 4.20. The van der Waals surface area contributed by atoms with Crippen molar-refractivity contribution in [3.8, 4) is 5.75 Å². The van der Waals surface area contributed by atoms with Crippen LogP contribution >= 0.6 is 0 Å². The largest absolute Gasteiger partial charge is 0.482 e. The highest BCUT2D eigenvalue weighted by molar-refractivity contribution is 5.70. The topological polar surface area (TPSA) is 47.6 Å². The van der Waals surface area contributed by atoms with Gasteiger partial charge in [0.05, 0.1) is 7.11 Å². The molecule has 18 heavy (non-hydrogen) atoms. The molecule has 0 unspecified atom stereocenters. The van der Waals surface area contributed by atoms with Crippen LogP contribution in [0, 0.1) is 5.82 Å². The van der Waals surface area contributed by atoms with Gasteiger partial charge in [0.25, 0.3) is 0 Å². The molecule has 0 radical (unpaired) electrons. The van der Waals surface area contributed by atoms with E-state index in [-0.39, 0.29) is 6.61 Å². The quantitative estimate of drug-likeness (QED) is 0.788. The van der Waals surface area contributed by atoms with Crippen molar-refractivity contribution >= 4 is 5.97 Å². The first-order chi connectivity index (χ1) is 8.51. The van der Waals surface area contributed by atoms with E-state index in [2.05, 4.69) is 10.1 Å². The molecule has 0 aliphatic carbocycles. The maximum absolute atomic E-state index is 13.3. The second-order valence-electron chi connectivity index (χ2n) is 4.20. The lowest BCUT2D eigenvalue weighted by Gasteiger charge is -2.10. The molecule has 1 rings (SSSR count). The molecule has 1 N–H and O–H groups in total. The Bertz CT molecular complexity index is 407. The minimum atomic E-state index is -0.499. The second kappa shape index (κ2) is 6.96. The van der Waals surface area contributed by atoms with Gasteiger partial charge in [0, 0.05) is 18.7 Å². The van der Waals surface area contributed by atoms with Crippen molar-refractivity contribution in [3.05, 3.63) is 29.6 Å². The molecule has 0 saturated heterocycles.